The Morgan fingerprint density at radius 1 is 1.42 bits per heavy atom. The number of aromatic hydroxyl groups is 1. The fourth-order valence-corrected chi connectivity index (χ4v) is 3.06. The van der Waals surface area contributed by atoms with E-state index in [-0.39, 0.29) is 17.5 Å². The third kappa shape index (κ3) is 3.68. The number of benzene rings is 1. The maximum absolute atomic E-state index is 11.3. The van der Waals surface area contributed by atoms with Crippen molar-refractivity contribution in [1.29, 1.82) is 0 Å². The Hall–Kier alpha value is -1.11. The van der Waals surface area contributed by atoms with E-state index in [9.17, 15) is 13.5 Å². The van der Waals surface area contributed by atoms with Crippen LogP contribution in [0.2, 0.25) is 0 Å². The van der Waals surface area contributed by atoms with E-state index in [1.165, 1.54) is 12.6 Å². The predicted octanol–water partition coefficient (Wildman–Crippen LogP) is 0.908. The van der Waals surface area contributed by atoms with Crippen LogP contribution in [0.5, 0.6) is 5.75 Å². The van der Waals surface area contributed by atoms with Crippen LogP contribution in [0.3, 0.4) is 0 Å². The number of phenolic OH excluding ortho intramolecular Hbond substituents is 1. The molecule has 0 bridgehead atoms. The second-order valence-electron chi connectivity index (χ2n) is 4.81. The van der Waals surface area contributed by atoms with Gasteiger partial charge in [-0.15, -0.1) is 0 Å². The summed E-state index contributed by atoms with van der Waals surface area (Å²) in [7, 11) is -1.75. The van der Waals surface area contributed by atoms with E-state index in [1.807, 2.05) is 6.07 Å². The first-order valence-electron chi connectivity index (χ1n) is 6.48. The highest BCUT2D eigenvalue weighted by molar-refractivity contribution is 7.89. The van der Waals surface area contributed by atoms with Crippen molar-refractivity contribution < 1.29 is 13.5 Å². The van der Waals surface area contributed by atoms with E-state index in [0.717, 1.165) is 24.8 Å². The van der Waals surface area contributed by atoms with Crippen LogP contribution in [-0.2, 0) is 16.4 Å². The molecule has 3 N–H and O–H groups in total. The Morgan fingerprint density at radius 2 is 2.21 bits per heavy atom. The van der Waals surface area contributed by atoms with Crippen LogP contribution in [0.1, 0.15) is 30.0 Å². The van der Waals surface area contributed by atoms with E-state index in [4.69, 9.17) is 0 Å². The summed E-state index contributed by atoms with van der Waals surface area (Å²) in [6.07, 6.45) is 3.06. The molecule has 1 aromatic carbocycles. The number of aryl methyl sites for hydroxylation is 1. The molecule has 6 heteroatoms. The van der Waals surface area contributed by atoms with Crippen molar-refractivity contribution in [2.75, 3.05) is 19.3 Å². The number of nitrogens with one attached hydrogen (secondary N) is 2. The van der Waals surface area contributed by atoms with Crippen molar-refractivity contribution in [1.82, 2.24) is 10.0 Å². The summed E-state index contributed by atoms with van der Waals surface area (Å²) in [5.41, 5.74) is 2.33. The molecule has 1 atom stereocenters. The Labute approximate surface area is 114 Å². The lowest BCUT2D eigenvalue weighted by atomic mass is 9.87. The SMILES string of the molecule is CNS(=O)(=O)CCNC1CCCc2ccc(O)cc21. The van der Waals surface area contributed by atoms with Gasteiger partial charge in [-0.05, 0) is 49.6 Å². The number of fused-ring (bicyclic) bond motifs is 1. The molecule has 1 unspecified atom stereocenters. The third-order valence-corrected chi connectivity index (χ3v) is 4.88. The van der Waals surface area contributed by atoms with Crippen LogP contribution in [-0.4, -0.2) is 32.9 Å². The fraction of sp³-hybridized carbons (Fsp3) is 0.538. The first-order chi connectivity index (χ1) is 9.02. The molecule has 1 aromatic rings. The number of hydrogen-bond donors (Lipinski definition) is 3. The summed E-state index contributed by atoms with van der Waals surface area (Å²) in [6.45, 7) is 0.406. The molecule has 0 saturated carbocycles. The van der Waals surface area contributed by atoms with Crippen LogP contribution in [0.4, 0.5) is 0 Å². The second-order valence-corrected chi connectivity index (χ2v) is 6.85. The van der Waals surface area contributed by atoms with Crippen LogP contribution in [0.25, 0.3) is 0 Å². The molecule has 19 heavy (non-hydrogen) atoms. The average molecular weight is 284 g/mol. The molecule has 2 rings (SSSR count). The Morgan fingerprint density at radius 3 is 2.95 bits per heavy atom. The smallest absolute Gasteiger partial charge is 0.212 e. The minimum Gasteiger partial charge on any atom is -0.508 e. The minimum atomic E-state index is -3.17. The summed E-state index contributed by atoms with van der Waals surface area (Å²) < 4.78 is 25.0. The highest BCUT2D eigenvalue weighted by atomic mass is 32.2. The number of sulfonamides is 1. The maximum atomic E-state index is 11.3. The molecule has 0 aromatic heterocycles. The van der Waals surface area contributed by atoms with Gasteiger partial charge in [0.15, 0.2) is 0 Å². The number of hydrogen-bond acceptors (Lipinski definition) is 4. The summed E-state index contributed by atoms with van der Waals surface area (Å²) in [6, 6.07) is 5.55. The van der Waals surface area contributed by atoms with Crippen LogP contribution < -0.4 is 10.0 Å². The summed E-state index contributed by atoms with van der Waals surface area (Å²) in [4.78, 5) is 0. The molecule has 1 aliphatic carbocycles. The molecule has 0 fully saturated rings. The van der Waals surface area contributed by atoms with E-state index in [2.05, 4.69) is 10.0 Å². The summed E-state index contributed by atoms with van der Waals surface area (Å²) >= 11 is 0. The zero-order chi connectivity index (χ0) is 13.9. The van der Waals surface area contributed by atoms with Crippen LogP contribution in [0, 0.1) is 0 Å². The number of phenols is 1. The first kappa shape index (κ1) is 14.3. The van der Waals surface area contributed by atoms with Crippen molar-refractivity contribution in [2.24, 2.45) is 0 Å². The Balaban J connectivity index is 2.02. The fourth-order valence-electron chi connectivity index (χ4n) is 2.47. The maximum Gasteiger partial charge on any atom is 0.212 e. The van der Waals surface area contributed by atoms with Crippen LogP contribution in [0.15, 0.2) is 18.2 Å². The molecule has 5 nitrogen and oxygen atoms in total. The molecule has 0 radical (unpaired) electrons. The van der Waals surface area contributed by atoms with Gasteiger partial charge in [0, 0.05) is 12.6 Å². The highest BCUT2D eigenvalue weighted by Crippen LogP contribution is 2.31. The van der Waals surface area contributed by atoms with Crippen molar-refractivity contribution in [2.45, 2.75) is 25.3 Å². The topological polar surface area (TPSA) is 78.4 Å². The lowest BCUT2D eigenvalue weighted by Gasteiger charge is -2.26. The van der Waals surface area contributed by atoms with Gasteiger partial charge >= 0.3 is 0 Å². The van der Waals surface area contributed by atoms with Gasteiger partial charge in [-0.2, -0.15) is 0 Å². The zero-order valence-electron chi connectivity index (χ0n) is 11.0. The summed E-state index contributed by atoms with van der Waals surface area (Å²) in [5, 5.41) is 12.8. The third-order valence-electron chi connectivity index (χ3n) is 3.52. The van der Waals surface area contributed by atoms with Gasteiger partial charge in [0.25, 0.3) is 0 Å². The highest BCUT2D eigenvalue weighted by Gasteiger charge is 2.20. The standard InChI is InChI=1S/C13H20N2O3S/c1-14-19(17,18)8-7-15-13-4-2-3-10-5-6-11(16)9-12(10)13/h5-6,9,13-16H,2-4,7-8H2,1H3. The van der Waals surface area contributed by atoms with Gasteiger partial charge in [-0.1, -0.05) is 6.07 Å². The lowest BCUT2D eigenvalue weighted by Crippen LogP contribution is -2.33. The molecule has 1 aliphatic rings. The van der Waals surface area contributed by atoms with E-state index < -0.39 is 10.0 Å². The van der Waals surface area contributed by atoms with Gasteiger partial charge in [0.2, 0.25) is 10.0 Å². The molecular weight excluding hydrogens is 264 g/mol. The van der Waals surface area contributed by atoms with Gasteiger partial charge in [-0.25, -0.2) is 13.1 Å². The van der Waals surface area contributed by atoms with Gasteiger partial charge in [-0.3, -0.25) is 0 Å². The van der Waals surface area contributed by atoms with Gasteiger partial charge < -0.3 is 10.4 Å². The molecule has 106 valence electrons. The average Bonchev–Trinajstić information content (AvgIpc) is 2.39. The Kier molecular flexibility index (Phi) is 4.44. The van der Waals surface area contributed by atoms with Crippen molar-refractivity contribution in [3.05, 3.63) is 29.3 Å². The second kappa shape index (κ2) is 5.90. The molecule has 0 heterocycles. The quantitative estimate of drug-likeness (QED) is 0.751. The monoisotopic (exact) mass is 284 g/mol. The minimum absolute atomic E-state index is 0.0636. The first-order valence-corrected chi connectivity index (χ1v) is 8.13. The lowest BCUT2D eigenvalue weighted by molar-refractivity contribution is 0.452. The zero-order valence-corrected chi connectivity index (χ0v) is 11.8. The predicted molar refractivity (Wildman–Crippen MR) is 74.6 cm³/mol. The van der Waals surface area contributed by atoms with Crippen molar-refractivity contribution in [3.8, 4) is 5.75 Å². The Bertz CT molecular complexity index is 543. The summed E-state index contributed by atoms with van der Waals surface area (Å²) in [5.74, 6) is 0.323. The van der Waals surface area contributed by atoms with E-state index in [0.29, 0.717) is 6.54 Å². The normalized spacial score (nSPS) is 19.1. The number of rotatable bonds is 5. The van der Waals surface area contributed by atoms with E-state index in [1.54, 1.807) is 12.1 Å². The molecular formula is C13H20N2O3S. The molecule has 0 amide bonds. The van der Waals surface area contributed by atoms with Gasteiger partial charge in [0.1, 0.15) is 5.75 Å². The van der Waals surface area contributed by atoms with E-state index >= 15 is 0 Å². The molecule has 0 saturated heterocycles. The van der Waals surface area contributed by atoms with Crippen LogP contribution >= 0.6 is 0 Å². The van der Waals surface area contributed by atoms with Gasteiger partial charge in [0.05, 0.1) is 5.75 Å². The molecule has 0 spiro atoms. The largest absolute Gasteiger partial charge is 0.508 e. The van der Waals surface area contributed by atoms with Crippen molar-refractivity contribution >= 4 is 10.0 Å². The van der Waals surface area contributed by atoms with Crippen molar-refractivity contribution in [3.63, 3.8) is 0 Å². The molecule has 0 aliphatic heterocycles.